The zero-order valence-electron chi connectivity index (χ0n) is 11.1. The van der Waals surface area contributed by atoms with E-state index in [1.807, 2.05) is 18.2 Å². The summed E-state index contributed by atoms with van der Waals surface area (Å²) in [5.41, 5.74) is 1.32. The van der Waals surface area contributed by atoms with Gasteiger partial charge in [0.1, 0.15) is 5.15 Å². The van der Waals surface area contributed by atoms with Crippen molar-refractivity contribution in [1.82, 2.24) is 4.98 Å². The molecule has 1 fully saturated rings. The molecule has 104 valence electrons. The average molecular weight is 292 g/mol. The van der Waals surface area contributed by atoms with Crippen LogP contribution in [0.3, 0.4) is 0 Å². The minimum absolute atomic E-state index is 0.132. The van der Waals surface area contributed by atoms with E-state index in [0.29, 0.717) is 5.15 Å². The summed E-state index contributed by atoms with van der Waals surface area (Å²) in [5.74, 6) is -0.490. The topological polar surface area (TPSA) is 48.4 Å². The van der Waals surface area contributed by atoms with Gasteiger partial charge in [-0.15, -0.1) is 0 Å². The number of carbonyl (C=O) groups excluding carboxylic acids is 1. The van der Waals surface area contributed by atoms with Crippen molar-refractivity contribution in [2.24, 2.45) is 0 Å². The number of halogens is 1. The second kappa shape index (κ2) is 5.38. The summed E-state index contributed by atoms with van der Waals surface area (Å²) in [5, 5.41) is 2.00. The molecular formula is C15H14ClNO3. The van der Waals surface area contributed by atoms with Gasteiger partial charge in [-0.05, 0) is 35.9 Å². The Morgan fingerprint density at radius 3 is 3.00 bits per heavy atom. The molecule has 1 saturated heterocycles. The van der Waals surface area contributed by atoms with Gasteiger partial charge in [-0.25, -0.2) is 9.78 Å². The van der Waals surface area contributed by atoms with Gasteiger partial charge in [-0.1, -0.05) is 23.7 Å². The molecule has 1 unspecified atom stereocenters. The Kier molecular flexibility index (Phi) is 3.59. The summed E-state index contributed by atoms with van der Waals surface area (Å²) in [6.45, 7) is 0.799. The number of hydrogen-bond donors (Lipinski definition) is 0. The molecular weight excluding hydrogens is 278 g/mol. The summed E-state index contributed by atoms with van der Waals surface area (Å²) in [4.78, 5) is 15.6. The number of hydrogen-bond acceptors (Lipinski definition) is 4. The lowest BCUT2D eigenvalue weighted by Crippen LogP contribution is -2.04. The Morgan fingerprint density at radius 2 is 2.30 bits per heavy atom. The number of fused-ring (bicyclic) bond motifs is 1. The Bertz CT molecular complexity index is 665. The molecule has 1 atom stereocenters. The van der Waals surface area contributed by atoms with Crippen molar-refractivity contribution >= 4 is 28.3 Å². The Labute approximate surface area is 121 Å². The van der Waals surface area contributed by atoms with Crippen molar-refractivity contribution in [3.05, 3.63) is 40.7 Å². The minimum Gasteiger partial charge on any atom is -0.464 e. The molecule has 5 heteroatoms. The molecule has 1 aliphatic heterocycles. The molecule has 1 aromatic carbocycles. The average Bonchev–Trinajstić information content (AvgIpc) is 3.00. The highest BCUT2D eigenvalue weighted by atomic mass is 35.5. The monoisotopic (exact) mass is 291 g/mol. The quantitative estimate of drug-likeness (QED) is 0.627. The normalized spacial score (nSPS) is 18.4. The van der Waals surface area contributed by atoms with Crippen LogP contribution in [0.25, 0.3) is 10.8 Å². The van der Waals surface area contributed by atoms with E-state index in [1.165, 1.54) is 7.11 Å². The third-order valence-electron chi connectivity index (χ3n) is 3.50. The van der Waals surface area contributed by atoms with Crippen LogP contribution in [0.4, 0.5) is 0 Å². The molecule has 20 heavy (non-hydrogen) atoms. The molecule has 2 heterocycles. The van der Waals surface area contributed by atoms with Gasteiger partial charge in [-0.3, -0.25) is 0 Å². The fraction of sp³-hybridized carbons (Fsp3) is 0.333. The first-order valence-corrected chi connectivity index (χ1v) is 6.87. The van der Waals surface area contributed by atoms with Gasteiger partial charge >= 0.3 is 5.97 Å². The fourth-order valence-corrected chi connectivity index (χ4v) is 2.75. The van der Waals surface area contributed by atoms with Crippen LogP contribution in [0.2, 0.25) is 5.15 Å². The number of nitrogens with zero attached hydrogens (tertiary/aromatic N) is 1. The summed E-state index contributed by atoms with van der Waals surface area (Å²) in [6.07, 6.45) is 2.23. The number of methoxy groups -OCH3 is 1. The van der Waals surface area contributed by atoms with Gasteiger partial charge < -0.3 is 9.47 Å². The first-order chi connectivity index (χ1) is 9.69. The first-order valence-electron chi connectivity index (χ1n) is 6.49. The summed E-state index contributed by atoms with van der Waals surface area (Å²) >= 11 is 6.13. The van der Waals surface area contributed by atoms with E-state index in [1.54, 1.807) is 6.07 Å². The number of rotatable bonds is 2. The summed E-state index contributed by atoms with van der Waals surface area (Å²) in [7, 11) is 1.32. The van der Waals surface area contributed by atoms with Crippen molar-refractivity contribution in [3.8, 4) is 0 Å². The second-order valence-corrected chi connectivity index (χ2v) is 5.13. The lowest BCUT2D eigenvalue weighted by molar-refractivity contribution is 0.0594. The minimum atomic E-state index is -0.490. The van der Waals surface area contributed by atoms with Crippen LogP contribution in [-0.2, 0) is 9.47 Å². The Balaban J connectivity index is 2.09. The van der Waals surface area contributed by atoms with Gasteiger partial charge in [0.15, 0.2) is 5.69 Å². The maximum absolute atomic E-state index is 11.6. The van der Waals surface area contributed by atoms with Crippen molar-refractivity contribution < 1.29 is 14.3 Å². The van der Waals surface area contributed by atoms with E-state index in [-0.39, 0.29) is 11.8 Å². The third kappa shape index (κ3) is 2.37. The van der Waals surface area contributed by atoms with Crippen LogP contribution in [0, 0.1) is 0 Å². The van der Waals surface area contributed by atoms with Gasteiger partial charge in [0.2, 0.25) is 0 Å². The largest absolute Gasteiger partial charge is 0.464 e. The highest BCUT2D eigenvalue weighted by Crippen LogP contribution is 2.32. The van der Waals surface area contributed by atoms with Gasteiger partial charge in [0.05, 0.1) is 13.2 Å². The highest BCUT2D eigenvalue weighted by molar-refractivity contribution is 6.34. The number of benzene rings is 1. The molecule has 4 nitrogen and oxygen atoms in total. The highest BCUT2D eigenvalue weighted by Gasteiger charge is 2.19. The number of esters is 1. The number of carbonyl (C=O) groups is 1. The molecule has 1 aromatic heterocycles. The molecule has 0 radical (unpaired) electrons. The number of aromatic nitrogens is 1. The van der Waals surface area contributed by atoms with E-state index in [0.717, 1.165) is 35.8 Å². The second-order valence-electron chi connectivity index (χ2n) is 4.77. The van der Waals surface area contributed by atoms with Crippen LogP contribution in [0.1, 0.15) is 35.0 Å². The Morgan fingerprint density at radius 1 is 1.45 bits per heavy atom. The molecule has 1 aliphatic rings. The molecule has 0 spiro atoms. The van der Waals surface area contributed by atoms with Crippen LogP contribution in [0.5, 0.6) is 0 Å². The predicted octanol–water partition coefficient (Wildman–Crippen LogP) is 3.53. The molecule has 0 aliphatic carbocycles. The van der Waals surface area contributed by atoms with E-state index in [9.17, 15) is 4.79 Å². The summed E-state index contributed by atoms with van der Waals surface area (Å²) < 4.78 is 10.4. The van der Waals surface area contributed by atoms with Crippen LogP contribution >= 0.6 is 11.6 Å². The van der Waals surface area contributed by atoms with E-state index in [4.69, 9.17) is 16.3 Å². The molecule has 0 amide bonds. The zero-order valence-corrected chi connectivity index (χ0v) is 11.8. The van der Waals surface area contributed by atoms with Crippen LogP contribution in [-0.4, -0.2) is 24.7 Å². The van der Waals surface area contributed by atoms with Crippen molar-refractivity contribution in [3.63, 3.8) is 0 Å². The van der Waals surface area contributed by atoms with Crippen molar-refractivity contribution in [1.29, 1.82) is 0 Å². The smallest absolute Gasteiger partial charge is 0.356 e. The molecule has 3 rings (SSSR count). The zero-order chi connectivity index (χ0) is 14.1. The third-order valence-corrected chi connectivity index (χ3v) is 3.79. The fourth-order valence-electron chi connectivity index (χ4n) is 2.48. The van der Waals surface area contributed by atoms with Gasteiger partial charge in [0, 0.05) is 12.0 Å². The predicted molar refractivity (Wildman–Crippen MR) is 76.0 cm³/mol. The Hall–Kier alpha value is -1.65. The van der Waals surface area contributed by atoms with Gasteiger partial charge in [-0.2, -0.15) is 0 Å². The molecule has 0 N–H and O–H groups in total. The van der Waals surface area contributed by atoms with E-state index >= 15 is 0 Å². The van der Waals surface area contributed by atoms with Crippen LogP contribution in [0.15, 0.2) is 24.3 Å². The lowest BCUT2D eigenvalue weighted by Gasteiger charge is -2.11. The SMILES string of the molecule is COC(=O)c1cc2cc(C3CCCO3)ccc2c(Cl)n1. The maximum atomic E-state index is 11.6. The van der Waals surface area contributed by atoms with Crippen molar-refractivity contribution in [2.75, 3.05) is 13.7 Å². The summed E-state index contributed by atoms with van der Waals surface area (Å²) in [6, 6.07) is 7.63. The molecule has 2 aromatic rings. The van der Waals surface area contributed by atoms with Crippen molar-refractivity contribution in [2.45, 2.75) is 18.9 Å². The lowest BCUT2D eigenvalue weighted by atomic mass is 10.0. The standard InChI is InChI=1S/C15H14ClNO3/c1-19-15(18)12-8-10-7-9(13-3-2-6-20-13)4-5-11(10)14(16)17-12/h4-5,7-8,13H,2-3,6H2,1H3. The van der Waals surface area contributed by atoms with E-state index < -0.39 is 5.97 Å². The van der Waals surface area contributed by atoms with Crippen LogP contribution < -0.4 is 0 Å². The van der Waals surface area contributed by atoms with E-state index in [2.05, 4.69) is 9.72 Å². The van der Waals surface area contributed by atoms with Gasteiger partial charge in [0.25, 0.3) is 0 Å². The molecule has 0 bridgehead atoms. The number of pyridine rings is 1. The molecule has 0 saturated carbocycles. The maximum Gasteiger partial charge on any atom is 0.356 e. The first kappa shape index (κ1) is 13.3. The number of ether oxygens (including phenoxy) is 2.